The average Bonchev–Trinajstić information content (AvgIpc) is 2.85. The molecule has 0 spiro atoms. The molecule has 0 amide bonds. The lowest BCUT2D eigenvalue weighted by Gasteiger charge is -2.02. The van der Waals surface area contributed by atoms with Crippen molar-refractivity contribution in [1.29, 1.82) is 0 Å². The van der Waals surface area contributed by atoms with Gasteiger partial charge in [0.25, 0.3) is 0 Å². The smallest absolute Gasteiger partial charge is 0.340 e. The van der Waals surface area contributed by atoms with Gasteiger partial charge >= 0.3 is 5.97 Å². The fraction of sp³-hybridized carbons (Fsp3) is 0.235. The van der Waals surface area contributed by atoms with E-state index >= 15 is 0 Å². The van der Waals surface area contributed by atoms with Crippen molar-refractivity contribution in [2.75, 3.05) is 6.61 Å². The van der Waals surface area contributed by atoms with E-state index in [4.69, 9.17) is 16.3 Å². The number of para-hydroxylation sites is 1. The van der Waals surface area contributed by atoms with Crippen LogP contribution in [-0.2, 0) is 11.2 Å². The number of aryl methyl sites for hydroxylation is 1. The Bertz CT molecular complexity index is 836. The van der Waals surface area contributed by atoms with E-state index in [1.54, 1.807) is 13.0 Å². The second-order valence-electron chi connectivity index (χ2n) is 4.88. The summed E-state index contributed by atoms with van der Waals surface area (Å²) in [6.07, 6.45) is 0.831. The number of hydrogen-bond acceptors (Lipinski definition) is 2. The molecule has 1 heterocycles. The standard InChI is InChI=1S/C17H16ClNO2/c1-3-10-14(18)9-8-12-11-6-5-7-13(17(20)21-4-2)16(11)19-15(10)12/h5-9,19H,3-4H2,1-2H3. The highest BCUT2D eigenvalue weighted by atomic mass is 35.5. The van der Waals surface area contributed by atoms with Crippen molar-refractivity contribution in [3.63, 3.8) is 0 Å². The van der Waals surface area contributed by atoms with E-state index in [2.05, 4.69) is 11.9 Å². The van der Waals surface area contributed by atoms with Crippen LogP contribution in [0.5, 0.6) is 0 Å². The van der Waals surface area contributed by atoms with Gasteiger partial charge in [-0.25, -0.2) is 4.79 Å². The van der Waals surface area contributed by atoms with Crippen molar-refractivity contribution in [2.45, 2.75) is 20.3 Å². The monoisotopic (exact) mass is 301 g/mol. The summed E-state index contributed by atoms with van der Waals surface area (Å²) in [5, 5.41) is 2.84. The molecule has 2 aromatic carbocycles. The fourth-order valence-corrected chi connectivity index (χ4v) is 3.04. The normalized spacial score (nSPS) is 11.2. The van der Waals surface area contributed by atoms with Gasteiger partial charge in [-0.05, 0) is 31.0 Å². The van der Waals surface area contributed by atoms with E-state index in [-0.39, 0.29) is 5.97 Å². The van der Waals surface area contributed by atoms with Gasteiger partial charge in [0, 0.05) is 15.8 Å². The predicted molar refractivity (Wildman–Crippen MR) is 86.1 cm³/mol. The molecule has 0 saturated carbocycles. The second kappa shape index (κ2) is 5.41. The number of rotatable bonds is 3. The summed E-state index contributed by atoms with van der Waals surface area (Å²) < 4.78 is 5.13. The quantitative estimate of drug-likeness (QED) is 0.712. The van der Waals surface area contributed by atoms with Gasteiger partial charge in [-0.1, -0.05) is 36.7 Å². The van der Waals surface area contributed by atoms with Crippen molar-refractivity contribution in [2.24, 2.45) is 0 Å². The second-order valence-corrected chi connectivity index (χ2v) is 5.28. The zero-order valence-corrected chi connectivity index (χ0v) is 12.8. The number of fused-ring (bicyclic) bond motifs is 3. The lowest BCUT2D eigenvalue weighted by Crippen LogP contribution is -2.05. The molecule has 0 radical (unpaired) electrons. The summed E-state index contributed by atoms with van der Waals surface area (Å²) in [4.78, 5) is 15.4. The largest absolute Gasteiger partial charge is 0.462 e. The number of hydrogen-bond donors (Lipinski definition) is 1. The SMILES string of the molecule is CCOC(=O)c1cccc2c1[nH]c1c(CC)c(Cl)ccc12. The average molecular weight is 302 g/mol. The molecular weight excluding hydrogens is 286 g/mol. The first-order valence-corrected chi connectivity index (χ1v) is 7.44. The Hall–Kier alpha value is -2.00. The third-order valence-electron chi connectivity index (χ3n) is 3.71. The van der Waals surface area contributed by atoms with Gasteiger partial charge in [0.2, 0.25) is 0 Å². The predicted octanol–water partition coefficient (Wildman–Crippen LogP) is 4.71. The van der Waals surface area contributed by atoms with Crippen LogP contribution in [0.2, 0.25) is 5.02 Å². The first-order valence-electron chi connectivity index (χ1n) is 7.06. The number of nitrogens with one attached hydrogen (secondary N) is 1. The molecule has 0 saturated heterocycles. The molecule has 1 aromatic heterocycles. The van der Waals surface area contributed by atoms with E-state index < -0.39 is 0 Å². The van der Waals surface area contributed by atoms with Gasteiger partial charge in [0.05, 0.1) is 23.2 Å². The molecule has 3 rings (SSSR count). The zero-order valence-electron chi connectivity index (χ0n) is 12.0. The number of carbonyl (C=O) groups excluding carboxylic acids is 1. The summed E-state index contributed by atoms with van der Waals surface area (Å²) >= 11 is 6.27. The van der Waals surface area contributed by atoms with Gasteiger partial charge in [-0.3, -0.25) is 0 Å². The Morgan fingerprint density at radius 1 is 1.14 bits per heavy atom. The Morgan fingerprint density at radius 3 is 2.62 bits per heavy atom. The van der Waals surface area contributed by atoms with Gasteiger partial charge < -0.3 is 9.72 Å². The molecule has 0 aliphatic heterocycles. The maximum Gasteiger partial charge on any atom is 0.340 e. The Labute approximate surface area is 127 Å². The van der Waals surface area contributed by atoms with Gasteiger partial charge in [-0.2, -0.15) is 0 Å². The summed E-state index contributed by atoms with van der Waals surface area (Å²) in [6, 6.07) is 9.56. The van der Waals surface area contributed by atoms with Crippen molar-refractivity contribution >= 4 is 39.4 Å². The zero-order chi connectivity index (χ0) is 15.0. The number of aromatic amines is 1. The van der Waals surface area contributed by atoms with Crippen LogP contribution in [0.15, 0.2) is 30.3 Å². The van der Waals surface area contributed by atoms with Crippen LogP contribution in [0.1, 0.15) is 29.8 Å². The molecule has 0 aliphatic rings. The minimum absolute atomic E-state index is 0.307. The third-order valence-corrected chi connectivity index (χ3v) is 4.06. The highest BCUT2D eigenvalue weighted by Crippen LogP contribution is 2.33. The van der Waals surface area contributed by atoms with E-state index in [0.29, 0.717) is 12.2 Å². The molecule has 3 aromatic rings. The number of benzene rings is 2. The molecule has 0 bridgehead atoms. The van der Waals surface area contributed by atoms with Gasteiger partial charge in [-0.15, -0.1) is 0 Å². The maximum atomic E-state index is 12.1. The molecule has 1 N–H and O–H groups in total. The van der Waals surface area contributed by atoms with Crippen LogP contribution in [0.3, 0.4) is 0 Å². The summed E-state index contributed by atoms with van der Waals surface area (Å²) in [5.41, 5.74) is 3.43. The van der Waals surface area contributed by atoms with E-state index in [9.17, 15) is 4.79 Å². The molecule has 0 aliphatic carbocycles. The van der Waals surface area contributed by atoms with Crippen LogP contribution in [0.25, 0.3) is 21.8 Å². The number of carbonyl (C=O) groups is 1. The molecule has 4 heteroatoms. The van der Waals surface area contributed by atoms with Crippen LogP contribution >= 0.6 is 11.6 Å². The first-order chi connectivity index (χ1) is 10.2. The first kappa shape index (κ1) is 14.0. The number of halogens is 1. The van der Waals surface area contributed by atoms with Crippen molar-refractivity contribution < 1.29 is 9.53 Å². The topological polar surface area (TPSA) is 42.1 Å². The highest BCUT2D eigenvalue weighted by molar-refractivity contribution is 6.32. The lowest BCUT2D eigenvalue weighted by atomic mass is 10.1. The van der Waals surface area contributed by atoms with Crippen LogP contribution < -0.4 is 0 Å². The Morgan fingerprint density at radius 2 is 1.90 bits per heavy atom. The fourth-order valence-electron chi connectivity index (χ4n) is 2.75. The molecule has 0 fully saturated rings. The molecule has 108 valence electrons. The molecular formula is C17H16ClNO2. The van der Waals surface area contributed by atoms with Crippen molar-refractivity contribution in [3.8, 4) is 0 Å². The van der Waals surface area contributed by atoms with Gasteiger partial charge in [0.15, 0.2) is 0 Å². The van der Waals surface area contributed by atoms with Crippen molar-refractivity contribution in [3.05, 3.63) is 46.5 Å². The van der Waals surface area contributed by atoms with Crippen LogP contribution in [-0.4, -0.2) is 17.6 Å². The van der Waals surface area contributed by atoms with Crippen molar-refractivity contribution in [1.82, 2.24) is 4.98 Å². The summed E-state index contributed by atoms with van der Waals surface area (Å²) in [7, 11) is 0. The Kier molecular flexibility index (Phi) is 3.60. The van der Waals surface area contributed by atoms with Crippen LogP contribution in [0.4, 0.5) is 0 Å². The number of aromatic nitrogens is 1. The molecule has 21 heavy (non-hydrogen) atoms. The highest BCUT2D eigenvalue weighted by Gasteiger charge is 2.16. The van der Waals surface area contributed by atoms with Crippen LogP contribution in [0, 0.1) is 0 Å². The molecule has 0 unspecified atom stereocenters. The molecule has 3 nitrogen and oxygen atoms in total. The Balaban J connectivity index is 2.35. The third kappa shape index (κ3) is 2.18. The maximum absolute atomic E-state index is 12.1. The van der Waals surface area contributed by atoms with Gasteiger partial charge in [0.1, 0.15) is 0 Å². The minimum atomic E-state index is -0.307. The number of ether oxygens (including phenoxy) is 1. The van der Waals surface area contributed by atoms with E-state index in [1.165, 1.54) is 0 Å². The molecule has 0 atom stereocenters. The minimum Gasteiger partial charge on any atom is -0.462 e. The number of esters is 1. The van der Waals surface area contributed by atoms with E-state index in [0.717, 1.165) is 38.8 Å². The van der Waals surface area contributed by atoms with E-state index in [1.807, 2.05) is 24.3 Å². The lowest BCUT2D eigenvalue weighted by molar-refractivity contribution is 0.0528. The summed E-state index contributed by atoms with van der Waals surface area (Å²) in [6.45, 7) is 4.23. The summed E-state index contributed by atoms with van der Waals surface area (Å²) in [5.74, 6) is -0.307. The number of H-pyrrole nitrogens is 1.